The summed E-state index contributed by atoms with van der Waals surface area (Å²) in [6, 6.07) is 3.20. The topological polar surface area (TPSA) is 132 Å². The predicted molar refractivity (Wildman–Crippen MR) is 143 cm³/mol. The number of nitrogens with zero attached hydrogens (tertiary/aromatic N) is 7. The summed E-state index contributed by atoms with van der Waals surface area (Å²) in [7, 11) is 2.51. The minimum atomic E-state index is -3.64. The van der Waals surface area contributed by atoms with Gasteiger partial charge in [-0.05, 0) is 11.6 Å². The summed E-state index contributed by atoms with van der Waals surface area (Å²) in [5.74, 6) is -2.79. The Morgan fingerprint density at radius 3 is 2.42 bits per heavy atom. The molecule has 0 aliphatic carbocycles. The van der Waals surface area contributed by atoms with Crippen molar-refractivity contribution >= 4 is 27.5 Å². The lowest BCUT2D eigenvalue weighted by Gasteiger charge is -2.55. The highest BCUT2D eigenvalue weighted by atomic mass is 32.2. The molecule has 4 heterocycles. The summed E-state index contributed by atoms with van der Waals surface area (Å²) in [4.78, 5) is 28.0. The average Bonchev–Trinajstić information content (AvgIpc) is 3.38. The van der Waals surface area contributed by atoms with Crippen molar-refractivity contribution in [3.8, 4) is 16.3 Å². The Labute approximate surface area is 232 Å². The Morgan fingerprint density at radius 2 is 1.80 bits per heavy atom. The van der Waals surface area contributed by atoms with Crippen molar-refractivity contribution in [1.29, 1.82) is 0 Å². The SMILES string of the molecule is CN1C(=O)c2c(O)c(=O)c(-c3nnc(Cc4ccc(F)cc4F)s3)cn2N(C)C12CCN(S(=O)(=O)N(C)C)CC2. The van der Waals surface area contributed by atoms with Gasteiger partial charge in [-0.2, -0.15) is 17.0 Å². The van der Waals surface area contributed by atoms with E-state index in [1.54, 1.807) is 19.1 Å². The summed E-state index contributed by atoms with van der Waals surface area (Å²) < 4.78 is 56.6. The molecule has 2 aliphatic rings. The van der Waals surface area contributed by atoms with E-state index in [1.165, 1.54) is 40.2 Å². The molecular weight excluding hydrogens is 568 g/mol. The lowest BCUT2D eigenvalue weighted by Crippen LogP contribution is -2.71. The molecular formula is C24H27F2N7O5S2. The number of aromatic nitrogens is 3. The van der Waals surface area contributed by atoms with E-state index in [0.29, 0.717) is 5.01 Å². The molecule has 214 valence electrons. The summed E-state index contributed by atoms with van der Waals surface area (Å²) >= 11 is 1.00. The number of piperidine rings is 1. The van der Waals surface area contributed by atoms with Crippen molar-refractivity contribution in [2.24, 2.45) is 0 Å². The number of hydrogen-bond acceptors (Lipinski definition) is 9. The van der Waals surface area contributed by atoms with Crippen LogP contribution in [-0.4, -0.2) is 94.8 Å². The number of carbonyl (C=O) groups excluding carboxylic acids is 1. The number of benzene rings is 1. The van der Waals surface area contributed by atoms with Gasteiger partial charge in [-0.15, -0.1) is 10.2 Å². The van der Waals surface area contributed by atoms with Crippen LogP contribution in [0.3, 0.4) is 0 Å². The predicted octanol–water partition coefficient (Wildman–Crippen LogP) is 1.19. The van der Waals surface area contributed by atoms with E-state index >= 15 is 0 Å². The van der Waals surface area contributed by atoms with Crippen LogP contribution in [0.1, 0.15) is 33.9 Å². The zero-order valence-corrected chi connectivity index (χ0v) is 23.8. The molecule has 1 saturated heterocycles. The number of fused-ring (bicyclic) bond motifs is 1. The van der Waals surface area contributed by atoms with Crippen molar-refractivity contribution in [2.45, 2.75) is 24.9 Å². The molecule has 1 amide bonds. The normalized spacial score (nSPS) is 17.6. The Hall–Kier alpha value is -3.47. The molecule has 0 bridgehead atoms. The molecule has 3 aromatic rings. The molecule has 1 spiro atoms. The first-order chi connectivity index (χ1) is 18.8. The van der Waals surface area contributed by atoms with Crippen molar-refractivity contribution in [1.82, 2.24) is 28.4 Å². The van der Waals surface area contributed by atoms with Gasteiger partial charge in [-0.3, -0.25) is 19.3 Å². The monoisotopic (exact) mass is 595 g/mol. The summed E-state index contributed by atoms with van der Waals surface area (Å²) in [6.45, 7) is 0.299. The highest BCUT2D eigenvalue weighted by Crippen LogP contribution is 2.38. The fourth-order valence-electron chi connectivity index (χ4n) is 5.17. The van der Waals surface area contributed by atoms with Gasteiger partial charge in [0.1, 0.15) is 22.3 Å². The molecule has 0 unspecified atom stereocenters. The maximum Gasteiger partial charge on any atom is 0.281 e. The number of aromatic hydroxyl groups is 1. The second-order valence-electron chi connectivity index (χ2n) is 9.89. The minimum Gasteiger partial charge on any atom is -0.502 e. The standard InChI is InChI=1S/C24H27F2N7O5S2/c1-29(2)40(37,38)32-9-7-24(8-10-32)30(3)23(36)19-21(35)20(34)16(13-33(19)31(24)4)22-28-27-18(39-22)11-14-5-6-15(25)12-17(14)26/h5-6,12-13,35H,7-11H2,1-4H3. The summed E-state index contributed by atoms with van der Waals surface area (Å²) in [5.41, 5.74) is -1.80. The van der Waals surface area contributed by atoms with Crippen LogP contribution < -0.4 is 10.4 Å². The van der Waals surface area contributed by atoms with E-state index in [2.05, 4.69) is 10.2 Å². The molecule has 1 fully saturated rings. The second-order valence-corrected chi connectivity index (χ2v) is 13.1. The molecule has 5 rings (SSSR count). The maximum absolute atomic E-state index is 14.1. The number of hydrogen-bond donors (Lipinski definition) is 1. The van der Waals surface area contributed by atoms with E-state index in [-0.39, 0.29) is 54.2 Å². The van der Waals surface area contributed by atoms with E-state index in [0.717, 1.165) is 27.8 Å². The molecule has 40 heavy (non-hydrogen) atoms. The van der Waals surface area contributed by atoms with Gasteiger partial charge in [-0.1, -0.05) is 17.4 Å². The smallest absolute Gasteiger partial charge is 0.281 e. The molecule has 12 nitrogen and oxygen atoms in total. The molecule has 2 aliphatic heterocycles. The van der Waals surface area contributed by atoms with Gasteiger partial charge in [0, 0.05) is 72.8 Å². The fourth-order valence-corrected chi connectivity index (χ4v) is 7.15. The number of halogens is 2. The summed E-state index contributed by atoms with van der Waals surface area (Å²) in [5, 5.41) is 21.2. The highest BCUT2D eigenvalue weighted by Gasteiger charge is 2.51. The van der Waals surface area contributed by atoms with Crippen LogP contribution >= 0.6 is 11.3 Å². The number of pyridine rings is 1. The molecule has 0 radical (unpaired) electrons. The van der Waals surface area contributed by atoms with Crippen molar-refractivity contribution in [2.75, 3.05) is 46.3 Å². The zero-order valence-electron chi connectivity index (χ0n) is 22.1. The first-order valence-electron chi connectivity index (χ1n) is 12.2. The van der Waals surface area contributed by atoms with Crippen LogP contribution in [0.4, 0.5) is 8.78 Å². The van der Waals surface area contributed by atoms with Crippen molar-refractivity contribution in [3.63, 3.8) is 0 Å². The Bertz CT molecular complexity index is 1670. The molecule has 0 saturated carbocycles. The Balaban J connectivity index is 1.50. The molecule has 0 atom stereocenters. The Kier molecular flexibility index (Phi) is 6.92. The van der Waals surface area contributed by atoms with Gasteiger partial charge in [0.05, 0.1) is 5.56 Å². The molecule has 16 heteroatoms. The minimum absolute atomic E-state index is 0.0146. The van der Waals surface area contributed by atoms with E-state index in [9.17, 15) is 31.9 Å². The largest absolute Gasteiger partial charge is 0.502 e. The van der Waals surface area contributed by atoms with Gasteiger partial charge in [0.2, 0.25) is 5.43 Å². The quantitative estimate of drug-likeness (QED) is 0.466. The molecule has 1 N–H and O–H groups in total. The van der Waals surface area contributed by atoms with Crippen LogP contribution in [0.25, 0.3) is 10.6 Å². The third kappa shape index (κ3) is 4.34. The number of carbonyl (C=O) groups is 1. The average molecular weight is 596 g/mol. The maximum atomic E-state index is 14.1. The van der Waals surface area contributed by atoms with Crippen LogP contribution in [0.15, 0.2) is 29.2 Å². The number of amides is 1. The van der Waals surface area contributed by atoms with Gasteiger partial charge in [0.25, 0.3) is 16.1 Å². The third-order valence-corrected chi connectivity index (χ3v) is 10.5. The first-order valence-corrected chi connectivity index (χ1v) is 14.4. The van der Waals surface area contributed by atoms with Gasteiger partial charge >= 0.3 is 0 Å². The summed E-state index contributed by atoms with van der Waals surface area (Å²) in [6.07, 6.45) is 1.95. The van der Waals surface area contributed by atoms with Crippen LogP contribution in [-0.2, 0) is 16.6 Å². The van der Waals surface area contributed by atoms with Crippen LogP contribution in [0, 0.1) is 11.6 Å². The van der Waals surface area contributed by atoms with Gasteiger partial charge < -0.3 is 10.0 Å². The van der Waals surface area contributed by atoms with Crippen LogP contribution in [0.5, 0.6) is 5.75 Å². The first kappa shape index (κ1) is 28.1. The zero-order chi connectivity index (χ0) is 29.1. The lowest BCUT2D eigenvalue weighted by molar-refractivity contribution is 0.0189. The van der Waals surface area contributed by atoms with Crippen LogP contribution in [0.2, 0.25) is 0 Å². The second kappa shape index (κ2) is 9.87. The fraction of sp³-hybridized carbons (Fsp3) is 0.417. The van der Waals surface area contributed by atoms with Gasteiger partial charge in [0.15, 0.2) is 16.5 Å². The molecule has 2 aromatic heterocycles. The third-order valence-electron chi connectivity index (χ3n) is 7.59. The van der Waals surface area contributed by atoms with Crippen molar-refractivity contribution < 1.29 is 27.1 Å². The van der Waals surface area contributed by atoms with E-state index in [4.69, 9.17) is 0 Å². The molecule has 1 aromatic carbocycles. The Morgan fingerprint density at radius 1 is 1.12 bits per heavy atom. The van der Waals surface area contributed by atoms with E-state index < -0.39 is 44.6 Å². The van der Waals surface area contributed by atoms with Crippen molar-refractivity contribution in [3.05, 3.63) is 62.5 Å². The van der Waals surface area contributed by atoms with Gasteiger partial charge in [-0.25, -0.2) is 8.78 Å². The van der Waals surface area contributed by atoms with E-state index in [1.807, 2.05) is 0 Å². The lowest BCUT2D eigenvalue weighted by atomic mass is 9.93. The number of rotatable bonds is 5. The highest BCUT2D eigenvalue weighted by molar-refractivity contribution is 7.86.